The van der Waals surface area contributed by atoms with Gasteiger partial charge in [-0.15, -0.1) is 0 Å². The third-order valence-electron chi connectivity index (χ3n) is 3.86. The van der Waals surface area contributed by atoms with Crippen LogP contribution in [0.5, 0.6) is 0 Å². The summed E-state index contributed by atoms with van der Waals surface area (Å²) < 4.78 is 0. The number of benzene rings is 1. The van der Waals surface area contributed by atoms with Crippen LogP contribution in [0.2, 0.25) is 0 Å². The number of fused-ring (bicyclic) bond motifs is 1. The summed E-state index contributed by atoms with van der Waals surface area (Å²) >= 11 is 0. The zero-order valence-corrected chi connectivity index (χ0v) is 9.95. The molecule has 1 atom stereocenters. The Morgan fingerprint density at radius 3 is 2.94 bits per heavy atom. The van der Waals surface area contributed by atoms with Crippen molar-refractivity contribution in [2.75, 3.05) is 20.1 Å². The molecule has 1 fully saturated rings. The molecule has 0 bridgehead atoms. The van der Waals surface area contributed by atoms with Crippen LogP contribution in [0.4, 0.5) is 0 Å². The fourth-order valence-electron chi connectivity index (χ4n) is 2.71. The highest BCUT2D eigenvalue weighted by Gasteiger charge is 2.29. The van der Waals surface area contributed by atoms with E-state index in [2.05, 4.69) is 41.5 Å². The number of nitrogens with zero attached hydrogens (tertiary/aromatic N) is 1. The molecule has 2 heteroatoms. The second-order valence-corrected chi connectivity index (χ2v) is 5.13. The normalized spacial score (nSPS) is 24.5. The van der Waals surface area contributed by atoms with Gasteiger partial charge in [0, 0.05) is 18.6 Å². The number of rotatable bonds is 3. The predicted octanol–water partition coefficient (Wildman–Crippen LogP) is 1.97. The molecule has 1 unspecified atom stereocenters. The van der Waals surface area contributed by atoms with Crippen LogP contribution in [0.3, 0.4) is 0 Å². The summed E-state index contributed by atoms with van der Waals surface area (Å²) in [4.78, 5) is 2.51. The number of nitrogens with one attached hydrogen (secondary N) is 1. The first-order valence-corrected chi connectivity index (χ1v) is 6.36. The van der Waals surface area contributed by atoms with Crippen molar-refractivity contribution in [1.82, 2.24) is 10.2 Å². The van der Waals surface area contributed by atoms with Crippen LogP contribution in [0, 0.1) is 0 Å². The van der Waals surface area contributed by atoms with E-state index in [0.29, 0.717) is 6.04 Å². The van der Waals surface area contributed by atoms with Crippen LogP contribution < -0.4 is 5.32 Å². The SMILES string of the molecule is CN(CC1NCCc2ccccc21)C1CC1. The lowest BCUT2D eigenvalue weighted by Crippen LogP contribution is -2.38. The Labute approximate surface area is 97.6 Å². The van der Waals surface area contributed by atoms with E-state index in [-0.39, 0.29) is 0 Å². The third kappa shape index (κ3) is 2.00. The molecule has 1 aliphatic carbocycles. The highest BCUT2D eigenvalue weighted by Crippen LogP contribution is 2.29. The van der Waals surface area contributed by atoms with Crippen molar-refractivity contribution in [3.05, 3.63) is 35.4 Å². The van der Waals surface area contributed by atoms with Gasteiger partial charge >= 0.3 is 0 Å². The molecule has 0 radical (unpaired) electrons. The van der Waals surface area contributed by atoms with Crippen LogP contribution in [0.15, 0.2) is 24.3 Å². The molecule has 1 aromatic rings. The smallest absolute Gasteiger partial charge is 0.0452 e. The number of hydrogen-bond donors (Lipinski definition) is 1. The van der Waals surface area contributed by atoms with Gasteiger partial charge in [-0.25, -0.2) is 0 Å². The van der Waals surface area contributed by atoms with Gasteiger partial charge in [-0.2, -0.15) is 0 Å². The maximum atomic E-state index is 3.65. The van der Waals surface area contributed by atoms with Crippen LogP contribution in [-0.2, 0) is 6.42 Å². The van der Waals surface area contributed by atoms with Crippen molar-refractivity contribution in [3.63, 3.8) is 0 Å². The van der Waals surface area contributed by atoms with Crippen molar-refractivity contribution in [2.45, 2.75) is 31.3 Å². The van der Waals surface area contributed by atoms with Gasteiger partial charge in [0.1, 0.15) is 0 Å². The van der Waals surface area contributed by atoms with Crippen molar-refractivity contribution in [1.29, 1.82) is 0 Å². The van der Waals surface area contributed by atoms with Gasteiger partial charge in [-0.3, -0.25) is 0 Å². The Bertz CT molecular complexity index is 371. The number of hydrogen-bond acceptors (Lipinski definition) is 2. The van der Waals surface area contributed by atoms with Gasteiger partial charge in [0.15, 0.2) is 0 Å². The maximum absolute atomic E-state index is 3.65. The first-order chi connectivity index (χ1) is 7.84. The average Bonchev–Trinajstić information content (AvgIpc) is 3.13. The van der Waals surface area contributed by atoms with E-state index in [4.69, 9.17) is 0 Å². The lowest BCUT2D eigenvalue weighted by atomic mass is 9.94. The Morgan fingerprint density at radius 2 is 2.12 bits per heavy atom. The summed E-state index contributed by atoms with van der Waals surface area (Å²) in [6.45, 7) is 2.28. The summed E-state index contributed by atoms with van der Waals surface area (Å²) in [6.07, 6.45) is 3.97. The van der Waals surface area contributed by atoms with E-state index >= 15 is 0 Å². The van der Waals surface area contributed by atoms with Gasteiger partial charge in [0.05, 0.1) is 0 Å². The van der Waals surface area contributed by atoms with E-state index in [0.717, 1.165) is 19.1 Å². The quantitative estimate of drug-likeness (QED) is 0.831. The van der Waals surface area contributed by atoms with Crippen LogP contribution >= 0.6 is 0 Å². The molecule has 1 saturated carbocycles. The van der Waals surface area contributed by atoms with E-state index in [1.165, 1.54) is 30.4 Å². The first-order valence-electron chi connectivity index (χ1n) is 6.36. The molecule has 3 rings (SSSR count). The fourth-order valence-corrected chi connectivity index (χ4v) is 2.71. The van der Waals surface area contributed by atoms with E-state index in [9.17, 15) is 0 Å². The molecule has 1 aliphatic heterocycles. The average molecular weight is 216 g/mol. The van der Waals surface area contributed by atoms with Crippen LogP contribution in [0.25, 0.3) is 0 Å². The predicted molar refractivity (Wildman–Crippen MR) is 66.5 cm³/mol. The molecule has 1 heterocycles. The lowest BCUT2D eigenvalue weighted by Gasteiger charge is -2.30. The molecule has 0 spiro atoms. The fraction of sp³-hybridized carbons (Fsp3) is 0.571. The molecular weight excluding hydrogens is 196 g/mol. The minimum absolute atomic E-state index is 0.538. The van der Waals surface area contributed by atoms with Crippen molar-refractivity contribution >= 4 is 0 Å². The summed E-state index contributed by atoms with van der Waals surface area (Å²) in [5, 5.41) is 3.65. The minimum Gasteiger partial charge on any atom is -0.309 e. The molecule has 1 N–H and O–H groups in total. The molecule has 2 aliphatic rings. The second-order valence-electron chi connectivity index (χ2n) is 5.13. The number of likely N-dealkylation sites (N-methyl/N-ethyl adjacent to an activating group) is 1. The molecule has 0 aromatic heterocycles. The molecule has 16 heavy (non-hydrogen) atoms. The van der Waals surface area contributed by atoms with Gasteiger partial charge in [-0.1, -0.05) is 24.3 Å². The van der Waals surface area contributed by atoms with Crippen LogP contribution in [-0.4, -0.2) is 31.1 Å². The van der Waals surface area contributed by atoms with Gasteiger partial charge < -0.3 is 10.2 Å². The minimum atomic E-state index is 0.538. The van der Waals surface area contributed by atoms with E-state index in [1.54, 1.807) is 0 Å². The highest BCUT2D eigenvalue weighted by molar-refractivity contribution is 5.32. The molecule has 0 saturated heterocycles. The largest absolute Gasteiger partial charge is 0.309 e. The monoisotopic (exact) mass is 216 g/mol. The summed E-state index contributed by atoms with van der Waals surface area (Å²) in [5.74, 6) is 0. The van der Waals surface area contributed by atoms with Crippen LogP contribution in [0.1, 0.15) is 30.0 Å². The molecule has 86 valence electrons. The van der Waals surface area contributed by atoms with Gasteiger partial charge in [0.2, 0.25) is 0 Å². The summed E-state index contributed by atoms with van der Waals surface area (Å²) in [5.41, 5.74) is 3.05. The first kappa shape index (κ1) is 10.3. The zero-order valence-electron chi connectivity index (χ0n) is 9.95. The van der Waals surface area contributed by atoms with Crippen molar-refractivity contribution < 1.29 is 0 Å². The highest BCUT2D eigenvalue weighted by atomic mass is 15.2. The molecule has 2 nitrogen and oxygen atoms in total. The second kappa shape index (κ2) is 4.19. The molecular formula is C14H20N2. The summed E-state index contributed by atoms with van der Waals surface area (Å²) in [7, 11) is 2.26. The Balaban J connectivity index is 1.76. The van der Waals surface area contributed by atoms with Crippen molar-refractivity contribution in [3.8, 4) is 0 Å². The topological polar surface area (TPSA) is 15.3 Å². The Kier molecular flexibility index (Phi) is 2.70. The van der Waals surface area contributed by atoms with Gasteiger partial charge in [-0.05, 0) is 44.0 Å². The molecule has 0 amide bonds. The maximum Gasteiger partial charge on any atom is 0.0452 e. The molecule has 1 aromatic carbocycles. The lowest BCUT2D eigenvalue weighted by molar-refractivity contribution is 0.277. The summed E-state index contributed by atoms with van der Waals surface area (Å²) in [6, 6.07) is 10.3. The van der Waals surface area contributed by atoms with E-state index in [1.807, 2.05) is 0 Å². The van der Waals surface area contributed by atoms with Crippen molar-refractivity contribution in [2.24, 2.45) is 0 Å². The van der Waals surface area contributed by atoms with Gasteiger partial charge in [0.25, 0.3) is 0 Å². The Hall–Kier alpha value is -0.860. The zero-order chi connectivity index (χ0) is 11.0. The Morgan fingerprint density at radius 1 is 1.31 bits per heavy atom. The standard InChI is InChI=1S/C14H20N2/c1-16(12-6-7-12)10-14-13-5-3-2-4-11(13)8-9-15-14/h2-5,12,14-15H,6-10H2,1H3. The van der Waals surface area contributed by atoms with E-state index < -0.39 is 0 Å². The third-order valence-corrected chi connectivity index (χ3v) is 3.86.